The van der Waals surface area contributed by atoms with Crippen molar-refractivity contribution < 1.29 is 9.21 Å². The van der Waals surface area contributed by atoms with E-state index < -0.39 is 0 Å². The fourth-order valence-electron chi connectivity index (χ4n) is 3.16. The smallest absolute Gasteiger partial charge is 0.277 e. The van der Waals surface area contributed by atoms with Crippen molar-refractivity contribution in [2.45, 2.75) is 25.1 Å². The number of fused-ring (bicyclic) bond motifs is 1. The van der Waals surface area contributed by atoms with Crippen molar-refractivity contribution in [1.82, 2.24) is 15.5 Å². The number of carbonyl (C=O) groups excluding carboxylic acids is 1. The lowest BCUT2D eigenvalue weighted by Crippen LogP contribution is -2.28. The van der Waals surface area contributed by atoms with E-state index in [1.54, 1.807) is 0 Å². The summed E-state index contributed by atoms with van der Waals surface area (Å²) in [6.07, 6.45) is 0. The Morgan fingerprint density at radius 1 is 1.03 bits per heavy atom. The lowest BCUT2D eigenvalue weighted by atomic mass is 10.0. The van der Waals surface area contributed by atoms with E-state index in [0.29, 0.717) is 11.1 Å². The van der Waals surface area contributed by atoms with Gasteiger partial charge in [-0.3, -0.25) is 4.79 Å². The molecular weight excluding hydrogens is 382 g/mol. The second-order valence-corrected chi connectivity index (χ2v) is 7.80. The predicted molar refractivity (Wildman–Crippen MR) is 116 cm³/mol. The van der Waals surface area contributed by atoms with Crippen LogP contribution in [-0.2, 0) is 4.79 Å². The Balaban J connectivity index is 1.35. The van der Waals surface area contributed by atoms with Gasteiger partial charge in [-0.05, 0) is 47.9 Å². The number of benzene rings is 3. The molecule has 1 unspecified atom stereocenters. The molecule has 0 bridgehead atoms. The first-order valence-electron chi connectivity index (χ1n) is 9.40. The van der Waals surface area contributed by atoms with Crippen molar-refractivity contribution in [2.24, 2.45) is 0 Å². The summed E-state index contributed by atoms with van der Waals surface area (Å²) >= 11 is 1.24. The Morgan fingerprint density at radius 3 is 2.62 bits per heavy atom. The van der Waals surface area contributed by atoms with Gasteiger partial charge in [0.05, 0.1) is 11.8 Å². The van der Waals surface area contributed by atoms with E-state index in [2.05, 4.69) is 39.8 Å². The summed E-state index contributed by atoms with van der Waals surface area (Å²) < 4.78 is 5.70. The van der Waals surface area contributed by atoms with Crippen LogP contribution >= 0.6 is 11.8 Å². The minimum absolute atomic E-state index is 0.0775. The van der Waals surface area contributed by atoms with Gasteiger partial charge in [-0.25, -0.2) is 0 Å². The third-order valence-corrected chi connectivity index (χ3v) is 5.58. The van der Waals surface area contributed by atoms with Crippen LogP contribution in [0.1, 0.15) is 24.1 Å². The molecular formula is C23H21N3O2S. The lowest BCUT2D eigenvalue weighted by molar-refractivity contribution is -0.119. The van der Waals surface area contributed by atoms with Crippen LogP contribution in [-0.4, -0.2) is 21.9 Å². The molecule has 0 radical (unpaired) electrons. The predicted octanol–water partition coefficient (Wildman–Crippen LogP) is 5.17. The molecule has 1 atom stereocenters. The summed E-state index contributed by atoms with van der Waals surface area (Å²) in [6.45, 7) is 3.98. The Labute approximate surface area is 173 Å². The number of aryl methyl sites for hydroxylation is 1. The quantitative estimate of drug-likeness (QED) is 0.450. The Hall–Kier alpha value is -3.12. The lowest BCUT2D eigenvalue weighted by Gasteiger charge is -2.14. The third kappa shape index (κ3) is 4.49. The molecule has 0 aliphatic rings. The van der Waals surface area contributed by atoms with Gasteiger partial charge in [-0.1, -0.05) is 66.4 Å². The summed E-state index contributed by atoms with van der Waals surface area (Å²) in [7, 11) is 0. The van der Waals surface area contributed by atoms with E-state index >= 15 is 0 Å². The standard InChI is InChI=1S/C23H21N3O2S/c1-15-7-3-6-10-20(15)22-25-26-23(28-22)29-14-21(27)24-16(2)18-12-11-17-8-4-5-9-19(17)13-18/h3-13,16H,14H2,1-2H3,(H,24,27). The van der Waals surface area contributed by atoms with Crippen LogP contribution in [0.4, 0.5) is 0 Å². The zero-order valence-corrected chi connectivity index (χ0v) is 17.1. The van der Waals surface area contributed by atoms with Crippen molar-refractivity contribution in [1.29, 1.82) is 0 Å². The number of rotatable bonds is 6. The van der Waals surface area contributed by atoms with Gasteiger partial charge in [0.2, 0.25) is 11.8 Å². The molecule has 5 nitrogen and oxygen atoms in total. The number of nitrogens with one attached hydrogen (secondary N) is 1. The number of amides is 1. The minimum atomic E-state index is -0.0853. The monoisotopic (exact) mass is 403 g/mol. The van der Waals surface area contributed by atoms with Crippen LogP contribution in [0, 0.1) is 6.92 Å². The molecule has 0 fully saturated rings. The van der Waals surface area contributed by atoms with Gasteiger partial charge in [-0.2, -0.15) is 0 Å². The van der Waals surface area contributed by atoms with Crippen molar-refractivity contribution in [3.63, 3.8) is 0 Å². The maximum absolute atomic E-state index is 12.4. The average Bonchev–Trinajstić information content (AvgIpc) is 3.21. The van der Waals surface area contributed by atoms with E-state index in [1.165, 1.54) is 17.1 Å². The molecule has 0 aliphatic heterocycles. The maximum Gasteiger partial charge on any atom is 0.277 e. The summed E-state index contributed by atoms with van der Waals surface area (Å²) in [4.78, 5) is 12.4. The van der Waals surface area contributed by atoms with Gasteiger partial charge in [0.15, 0.2) is 0 Å². The highest BCUT2D eigenvalue weighted by atomic mass is 32.2. The summed E-state index contributed by atoms with van der Waals surface area (Å²) in [5.41, 5.74) is 3.04. The zero-order chi connectivity index (χ0) is 20.2. The van der Waals surface area contributed by atoms with Crippen LogP contribution in [0.25, 0.3) is 22.2 Å². The fraction of sp³-hybridized carbons (Fsp3) is 0.174. The second kappa shape index (κ2) is 8.49. The molecule has 1 amide bonds. The van der Waals surface area contributed by atoms with Crippen LogP contribution in [0.15, 0.2) is 76.4 Å². The van der Waals surface area contributed by atoms with Gasteiger partial charge in [-0.15, -0.1) is 10.2 Å². The normalized spacial score (nSPS) is 12.1. The molecule has 0 aliphatic carbocycles. The van der Waals surface area contributed by atoms with E-state index in [4.69, 9.17) is 4.42 Å². The van der Waals surface area contributed by atoms with Gasteiger partial charge in [0.25, 0.3) is 5.22 Å². The molecule has 4 rings (SSSR count). The number of nitrogens with zero attached hydrogens (tertiary/aromatic N) is 2. The Kier molecular flexibility index (Phi) is 5.62. The number of aromatic nitrogens is 2. The largest absolute Gasteiger partial charge is 0.411 e. The van der Waals surface area contributed by atoms with Crippen LogP contribution in [0.2, 0.25) is 0 Å². The van der Waals surface area contributed by atoms with Gasteiger partial charge < -0.3 is 9.73 Å². The Morgan fingerprint density at radius 2 is 1.79 bits per heavy atom. The summed E-state index contributed by atoms with van der Waals surface area (Å²) in [5, 5.41) is 13.9. The zero-order valence-electron chi connectivity index (χ0n) is 16.3. The molecule has 4 aromatic rings. The minimum Gasteiger partial charge on any atom is -0.411 e. The molecule has 146 valence electrons. The first-order valence-corrected chi connectivity index (χ1v) is 10.4. The first-order chi connectivity index (χ1) is 14.1. The molecule has 0 spiro atoms. The van der Waals surface area contributed by atoms with Gasteiger partial charge >= 0.3 is 0 Å². The average molecular weight is 404 g/mol. The maximum atomic E-state index is 12.4. The van der Waals surface area contributed by atoms with Crippen molar-refractivity contribution in [3.8, 4) is 11.5 Å². The highest BCUT2D eigenvalue weighted by Gasteiger charge is 2.14. The number of thioether (sulfide) groups is 1. The molecule has 3 aromatic carbocycles. The van der Waals surface area contributed by atoms with Gasteiger partial charge in [0.1, 0.15) is 0 Å². The number of carbonyl (C=O) groups is 1. The van der Waals surface area contributed by atoms with Crippen LogP contribution in [0.5, 0.6) is 0 Å². The highest BCUT2D eigenvalue weighted by molar-refractivity contribution is 7.99. The molecule has 1 N–H and O–H groups in total. The van der Waals surface area contributed by atoms with E-state index in [0.717, 1.165) is 22.1 Å². The second-order valence-electron chi connectivity index (χ2n) is 6.87. The molecule has 29 heavy (non-hydrogen) atoms. The van der Waals surface area contributed by atoms with E-state index in [9.17, 15) is 4.79 Å². The Bertz CT molecular complexity index is 1160. The first kappa shape index (κ1) is 19.2. The van der Waals surface area contributed by atoms with E-state index in [-0.39, 0.29) is 17.7 Å². The summed E-state index contributed by atoms with van der Waals surface area (Å²) in [6, 6.07) is 22.2. The molecule has 0 saturated carbocycles. The van der Waals surface area contributed by atoms with Crippen molar-refractivity contribution in [2.75, 3.05) is 5.75 Å². The molecule has 0 saturated heterocycles. The van der Waals surface area contributed by atoms with Gasteiger partial charge in [0, 0.05) is 5.56 Å². The fourth-order valence-corrected chi connectivity index (χ4v) is 3.74. The summed E-state index contributed by atoms with van der Waals surface area (Å²) in [5.74, 6) is 0.606. The van der Waals surface area contributed by atoms with E-state index in [1.807, 2.05) is 56.3 Å². The molecule has 6 heteroatoms. The SMILES string of the molecule is Cc1ccccc1-c1nnc(SCC(=O)NC(C)c2ccc3ccccc3c2)o1. The number of hydrogen-bond donors (Lipinski definition) is 1. The highest BCUT2D eigenvalue weighted by Crippen LogP contribution is 2.25. The van der Waals surface area contributed by atoms with Crippen molar-refractivity contribution >= 4 is 28.4 Å². The third-order valence-electron chi connectivity index (χ3n) is 4.76. The van der Waals surface area contributed by atoms with Crippen molar-refractivity contribution in [3.05, 3.63) is 77.9 Å². The number of hydrogen-bond acceptors (Lipinski definition) is 5. The van der Waals surface area contributed by atoms with Crippen LogP contribution < -0.4 is 5.32 Å². The topological polar surface area (TPSA) is 68.0 Å². The molecule has 1 aromatic heterocycles. The molecule has 1 heterocycles. The van der Waals surface area contributed by atoms with Crippen LogP contribution in [0.3, 0.4) is 0 Å².